The van der Waals surface area contributed by atoms with Gasteiger partial charge in [-0.3, -0.25) is 0 Å². The highest BCUT2D eigenvalue weighted by Gasteiger charge is 1.87. The molecule has 0 aliphatic rings. The van der Waals surface area contributed by atoms with E-state index in [0.717, 1.165) is 13.1 Å². The van der Waals surface area contributed by atoms with Gasteiger partial charge in [-0.1, -0.05) is 25.7 Å². The van der Waals surface area contributed by atoms with Gasteiger partial charge in [0.2, 0.25) is 0 Å². The van der Waals surface area contributed by atoms with Crippen LogP contribution in [0, 0.1) is 0 Å². The lowest BCUT2D eigenvalue weighted by Gasteiger charge is -1.97. The summed E-state index contributed by atoms with van der Waals surface area (Å²) in [5.74, 6) is 0. The van der Waals surface area contributed by atoms with E-state index in [1.807, 2.05) is 0 Å². The highest BCUT2D eigenvalue weighted by Crippen LogP contribution is 2.03. The molecule has 0 saturated heterocycles. The average molecular weight is 225 g/mol. The zero-order valence-electron chi connectivity index (χ0n) is 7.22. The van der Waals surface area contributed by atoms with Crippen LogP contribution in [0.15, 0.2) is 0 Å². The molecule has 2 nitrogen and oxygen atoms in total. The van der Waals surface area contributed by atoms with Gasteiger partial charge in [0.05, 0.1) is 0 Å². The normalized spacial score (nSPS) is 9.27. The summed E-state index contributed by atoms with van der Waals surface area (Å²) in [5, 5.41) is 0. The van der Waals surface area contributed by atoms with Crippen LogP contribution in [0.4, 0.5) is 0 Å². The maximum absolute atomic E-state index is 5.35. The third-order valence-corrected chi connectivity index (χ3v) is 1.66. The molecule has 0 rings (SSSR count). The van der Waals surface area contributed by atoms with Gasteiger partial charge < -0.3 is 11.5 Å². The van der Waals surface area contributed by atoms with Gasteiger partial charge in [-0.25, -0.2) is 0 Å². The van der Waals surface area contributed by atoms with Crippen molar-refractivity contribution in [3.05, 3.63) is 0 Å². The smallest absolute Gasteiger partial charge is 0.00773 e. The lowest BCUT2D eigenvalue weighted by molar-refractivity contribution is 0.601. The molecule has 11 heavy (non-hydrogen) atoms. The van der Waals surface area contributed by atoms with Gasteiger partial charge in [0.1, 0.15) is 0 Å². The van der Waals surface area contributed by atoms with E-state index in [2.05, 4.69) is 0 Å². The fraction of sp³-hybridized carbons (Fsp3) is 1.00. The van der Waals surface area contributed by atoms with Crippen LogP contribution in [-0.2, 0) is 0 Å². The van der Waals surface area contributed by atoms with Gasteiger partial charge in [-0.15, -0.1) is 17.0 Å². The van der Waals surface area contributed by atoms with E-state index in [1.165, 1.54) is 38.5 Å². The summed E-state index contributed by atoms with van der Waals surface area (Å²) in [6.07, 6.45) is 7.61. The van der Waals surface area contributed by atoms with Gasteiger partial charge in [0.15, 0.2) is 0 Å². The molecule has 0 saturated carbocycles. The van der Waals surface area contributed by atoms with Crippen molar-refractivity contribution in [3.63, 3.8) is 0 Å². The molecule has 0 atom stereocenters. The first kappa shape index (κ1) is 14.0. The quantitative estimate of drug-likeness (QED) is 0.649. The maximum atomic E-state index is 5.35. The summed E-state index contributed by atoms with van der Waals surface area (Å²) in [6, 6.07) is 0. The number of unbranched alkanes of at least 4 members (excludes halogenated alkanes) is 5. The molecule has 0 bridgehead atoms. The van der Waals surface area contributed by atoms with Gasteiger partial charge in [-0.05, 0) is 25.9 Å². The maximum Gasteiger partial charge on any atom is -0.00773 e. The molecule has 0 aromatic carbocycles. The van der Waals surface area contributed by atoms with E-state index in [4.69, 9.17) is 11.5 Å². The first-order chi connectivity index (χ1) is 4.91. The number of nitrogens with two attached hydrogens (primary N) is 2. The van der Waals surface area contributed by atoms with Crippen LogP contribution < -0.4 is 11.5 Å². The number of hydrogen-bond acceptors (Lipinski definition) is 2. The fourth-order valence-electron chi connectivity index (χ4n) is 0.996. The van der Waals surface area contributed by atoms with Crippen LogP contribution in [0.1, 0.15) is 38.5 Å². The summed E-state index contributed by atoms with van der Waals surface area (Å²) in [6.45, 7) is 1.69. The van der Waals surface area contributed by atoms with Gasteiger partial charge >= 0.3 is 0 Å². The van der Waals surface area contributed by atoms with Gasteiger partial charge in [0, 0.05) is 0 Å². The second-order valence-electron chi connectivity index (χ2n) is 2.70. The standard InChI is InChI=1S/C8H20N2.BrH/c9-7-5-3-1-2-4-6-8-10;/h1-10H2;1H. The van der Waals surface area contributed by atoms with Crippen LogP contribution in [0.2, 0.25) is 0 Å². The first-order valence-electron chi connectivity index (χ1n) is 4.32. The van der Waals surface area contributed by atoms with E-state index < -0.39 is 0 Å². The molecular weight excluding hydrogens is 204 g/mol. The van der Waals surface area contributed by atoms with Crippen molar-refractivity contribution in [2.75, 3.05) is 13.1 Å². The third kappa shape index (κ3) is 13.4. The first-order valence-corrected chi connectivity index (χ1v) is 4.32. The van der Waals surface area contributed by atoms with Gasteiger partial charge in [-0.2, -0.15) is 0 Å². The van der Waals surface area contributed by atoms with Crippen molar-refractivity contribution in [2.45, 2.75) is 38.5 Å². The lowest BCUT2D eigenvalue weighted by Crippen LogP contribution is -1.99. The monoisotopic (exact) mass is 224 g/mol. The zero-order valence-corrected chi connectivity index (χ0v) is 8.93. The Labute approximate surface area is 80.5 Å². The summed E-state index contributed by atoms with van der Waals surface area (Å²) < 4.78 is 0. The number of halogens is 1. The molecule has 0 amide bonds. The zero-order chi connectivity index (χ0) is 7.66. The molecule has 0 heterocycles. The summed E-state index contributed by atoms with van der Waals surface area (Å²) in [5.41, 5.74) is 10.7. The highest BCUT2D eigenvalue weighted by atomic mass is 79.9. The minimum Gasteiger partial charge on any atom is -0.330 e. The summed E-state index contributed by atoms with van der Waals surface area (Å²) in [4.78, 5) is 0. The van der Waals surface area contributed by atoms with Crippen molar-refractivity contribution in [1.82, 2.24) is 0 Å². The van der Waals surface area contributed by atoms with Crippen LogP contribution in [0.3, 0.4) is 0 Å². The summed E-state index contributed by atoms with van der Waals surface area (Å²) >= 11 is 0. The van der Waals surface area contributed by atoms with Crippen LogP contribution in [-0.4, -0.2) is 13.1 Å². The van der Waals surface area contributed by atoms with Gasteiger partial charge in [0.25, 0.3) is 0 Å². The Kier molecular flexibility index (Phi) is 16.5. The fourth-order valence-corrected chi connectivity index (χ4v) is 0.996. The average Bonchev–Trinajstić information content (AvgIpc) is 1.97. The molecule has 0 unspecified atom stereocenters. The largest absolute Gasteiger partial charge is 0.330 e. The lowest BCUT2D eigenvalue weighted by atomic mass is 10.1. The van der Waals surface area contributed by atoms with Crippen molar-refractivity contribution in [2.24, 2.45) is 11.5 Å². The molecule has 0 fully saturated rings. The number of hydrogen-bond donors (Lipinski definition) is 2. The molecule has 0 aromatic rings. The van der Waals surface area contributed by atoms with E-state index in [1.54, 1.807) is 0 Å². The molecule has 0 spiro atoms. The molecule has 3 heteroatoms. The summed E-state index contributed by atoms with van der Waals surface area (Å²) in [7, 11) is 0. The molecule has 0 aliphatic carbocycles. The van der Waals surface area contributed by atoms with E-state index in [0.29, 0.717) is 0 Å². The molecule has 4 N–H and O–H groups in total. The predicted octanol–water partition coefficient (Wildman–Crippen LogP) is 1.82. The van der Waals surface area contributed by atoms with E-state index in [9.17, 15) is 0 Å². The Hall–Kier alpha value is 0.400. The Morgan fingerprint density at radius 3 is 1.09 bits per heavy atom. The molecule has 0 radical (unpaired) electrons. The van der Waals surface area contributed by atoms with Crippen LogP contribution in [0.5, 0.6) is 0 Å². The van der Waals surface area contributed by atoms with Crippen molar-refractivity contribution < 1.29 is 0 Å². The van der Waals surface area contributed by atoms with E-state index >= 15 is 0 Å². The number of rotatable bonds is 7. The van der Waals surface area contributed by atoms with Crippen molar-refractivity contribution >= 4 is 17.0 Å². The van der Waals surface area contributed by atoms with Crippen molar-refractivity contribution in [1.29, 1.82) is 0 Å². The Balaban J connectivity index is 0. The Morgan fingerprint density at radius 2 is 0.818 bits per heavy atom. The minimum atomic E-state index is 0. The van der Waals surface area contributed by atoms with Crippen LogP contribution in [0.25, 0.3) is 0 Å². The minimum absolute atomic E-state index is 0. The second-order valence-corrected chi connectivity index (χ2v) is 2.70. The van der Waals surface area contributed by atoms with Crippen molar-refractivity contribution in [3.8, 4) is 0 Å². The predicted molar refractivity (Wildman–Crippen MR) is 56.1 cm³/mol. The van der Waals surface area contributed by atoms with Crippen LogP contribution >= 0.6 is 17.0 Å². The molecule has 0 aromatic heterocycles. The Morgan fingerprint density at radius 1 is 0.545 bits per heavy atom. The second kappa shape index (κ2) is 13.0. The third-order valence-electron chi connectivity index (χ3n) is 1.66. The highest BCUT2D eigenvalue weighted by molar-refractivity contribution is 8.93. The SMILES string of the molecule is Br.NCCCCCCCCN. The topological polar surface area (TPSA) is 52.0 Å². The molecule has 70 valence electrons. The molecular formula is C8H21BrN2. The van der Waals surface area contributed by atoms with E-state index in [-0.39, 0.29) is 17.0 Å². The Bertz CT molecular complexity index is 52.1. The molecule has 0 aliphatic heterocycles.